The molecule has 0 fully saturated rings. The molecule has 2 aromatic rings. The molecular formula is C15H11BrFNO3. The summed E-state index contributed by atoms with van der Waals surface area (Å²) in [6.07, 6.45) is 0. The number of rotatable bonds is 4. The monoisotopic (exact) mass is 351 g/mol. The van der Waals surface area contributed by atoms with E-state index in [0.717, 1.165) is 0 Å². The number of ether oxygens (including phenoxy) is 3. The average Bonchev–Trinajstić information content (AvgIpc) is 2.52. The lowest BCUT2D eigenvalue weighted by Crippen LogP contribution is -1.97. The molecule has 0 aliphatic rings. The molecule has 0 aromatic heterocycles. The van der Waals surface area contributed by atoms with Crippen LogP contribution in [0.1, 0.15) is 5.56 Å². The number of methoxy groups -OCH3 is 2. The van der Waals surface area contributed by atoms with Crippen LogP contribution in [0.15, 0.2) is 34.8 Å². The van der Waals surface area contributed by atoms with Crippen molar-refractivity contribution in [3.63, 3.8) is 0 Å². The summed E-state index contributed by atoms with van der Waals surface area (Å²) >= 11 is 3.04. The van der Waals surface area contributed by atoms with Crippen LogP contribution in [-0.4, -0.2) is 14.2 Å². The predicted molar refractivity (Wildman–Crippen MR) is 78.4 cm³/mol. The lowest BCUT2D eigenvalue weighted by atomic mass is 10.2. The van der Waals surface area contributed by atoms with Crippen molar-refractivity contribution in [3.05, 3.63) is 46.2 Å². The van der Waals surface area contributed by atoms with Gasteiger partial charge in [0, 0.05) is 0 Å². The van der Waals surface area contributed by atoms with Crippen molar-refractivity contribution < 1.29 is 18.6 Å². The Morgan fingerprint density at radius 1 is 1.05 bits per heavy atom. The van der Waals surface area contributed by atoms with Crippen molar-refractivity contribution in [1.29, 1.82) is 5.26 Å². The molecular weight excluding hydrogens is 341 g/mol. The Morgan fingerprint density at radius 3 is 2.19 bits per heavy atom. The Labute approximate surface area is 129 Å². The third-order valence-corrected chi connectivity index (χ3v) is 3.54. The third-order valence-electron chi connectivity index (χ3n) is 2.76. The summed E-state index contributed by atoms with van der Waals surface area (Å²) in [7, 11) is 2.96. The van der Waals surface area contributed by atoms with Crippen molar-refractivity contribution >= 4 is 15.9 Å². The standard InChI is InChI=1S/C15H11BrFNO3/c1-19-11-4-3-5-12(20-2)15(11)21-10-7-6-9(8-18)13(16)14(10)17/h3-7H,1-2H3. The summed E-state index contributed by atoms with van der Waals surface area (Å²) in [5, 5.41) is 8.86. The molecule has 108 valence electrons. The van der Waals surface area contributed by atoms with E-state index >= 15 is 0 Å². The zero-order chi connectivity index (χ0) is 15.4. The Balaban J connectivity index is 2.49. The van der Waals surface area contributed by atoms with E-state index in [0.29, 0.717) is 11.5 Å². The van der Waals surface area contributed by atoms with Crippen LogP contribution in [0.25, 0.3) is 0 Å². The zero-order valence-corrected chi connectivity index (χ0v) is 12.9. The summed E-state index contributed by atoms with van der Waals surface area (Å²) in [5.41, 5.74) is 0.187. The van der Waals surface area contributed by atoms with E-state index in [9.17, 15) is 4.39 Å². The second kappa shape index (κ2) is 6.46. The Kier molecular flexibility index (Phi) is 4.66. The van der Waals surface area contributed by atoms with E-state index in [2.05, 4.69) is 15.9 Å². The van der Waals surface area contributed by atoms with Crippen LogP contribution in [0.5, 0.6) is 23.0 Å². The van der Waals surface area contributed by atoms with Crippen LogP contribution in [0, 0.1) is 17.1 Å². The molecule has 0 N–H and O–H groups in total. The number of benzene rings is 2. The summed E-state index contributed by atoms with van der Waals surface area (Å²) in [6.45, 7) is 0. The lowest BCUT2D eigenvalue weighted by Gasteiger charge is -2.14. The van der Waals surface area contributed by atoms with Gasteiger partial charge < -0.3 is 14.2 Å². The Morgan fingerprint density at radius 2 is 1.67 bits per heavy atom. The second-order valence-corrected chi connectivity index (χ2v) is 4.74. The molecule has 2 rings (SSSR count). The quantitative estimate of drug-likeness (QED) is 0.825. The van der Waals surface area contributed by atoms with Gasteiger partial charge in [-0.25, -0.2) is 4.39 Å². The number of hydrogen-bond acceptors (Lipinski definition) is 4. The van der Waals surface area contributed by atoms with Crippen LogP contribution in [0.2, 0.25) is 0 Å². The minimum atomic E-state index is -0.665. The highest BCUT2D eigenvalue weighted by Crippen LogP contribution is 2.41. The molecule has 0 aliphatic heterocycles. The van der Waals surface area contributed by atoms with Crippen molar-refractivity contribution in [1.82, 2.24) is 0 Å². The lowest BCUT2D eigenvalue weighted by molar-refractivity contribution is 0.339. The van der Waals surface area contributed by atoms with Crippen molar-refractivity contribution in [2.45, 2.75) is 0 Å². The number of halogens is 2. The summed E-state index contributed by atoms with van der Waals surface area (Å²) < 4.78 is 30.2. The van der Waals surface area contributed by atoms with Crippen LogP contribution in [0.3, 0.4) is 0 Å². The third kappa shape index (κ3) is 2.93. The fourth-order valence-corrected chi connectivity index (χ4v) is 2.14. The molecule has 0 unspecified atom stereocenters. The second-order valence-electron chi connectivity index (χ2n) is 3.94. The van der Waals surface area contributed by atoms with Gasteiger partial charge in [0.05, 0.1) is 24.3 Å². The van der Waals surface area contributed by atoms with Gasteiger partial charge in [0.15, 0.2) is 23.1 Å². The number of para-hydroxylation sites is 1. The molecule has 0 aliphatic carbocycles. The molecule has 21 heavy (non-hydrogen) atoms. The largest absolute Gasteiger partial charge is 0.493 e. The van der Waals surface area contributed by atoms with Gasteiger partial charge >= 0.3 is 0 Å². The van der Waals surface area contributed by atoms with E-state index in [1.807, 2.05) is 6.07 Å². The highest BCUT2D eigenvalue weighted by atomic mass is 79.9. The van der Waals surface area contributed by atoms with E-state index in [1.165, 1.54) is 26.4 Å². The minimum absolute atomic E-state index is 0.0383. The zero-order valence-electron chi connectivity index (χ0n) is 11.3. The molecule has 0 spiro atoms. The topological polar surface area (TPSA) is 51.5 Å². The van der Waals surface area contributed by atoms with Crippen LogP contribution in [-0.2, 0) is 0 Å². The molecule has 0 amide bonds. The van der Waals surface area contributed by atoms with Crippen molar-refractivity contribution in [2.24, 2.45) is 0 Å². The molecule has 2 aromatic carbocycles. The van der Waals surface area contributed by atoms with Crippen molar-refractivity contribution in [3.8, 4) is 29.1 Å². The smallest absolute Gasteiger partial charge is 0.211 e. The molecule has 0 bridgehead atoms. The Bertz CT molecular complexity index is 691. The van der Waals surface area contributed by atoms with Crippen LogP contribution in [0.4, 0.5) is 4.39 Å². The average molecular weight is 352 g/mol. The van der Waals surface area contributed by atoms with E-state index in [-0.39, 0.29) is 21.5 Å². The fraction of sp³-hybridized carbons (Fsp3) is 0.133. The molecule has 0 heterocycles. The van der Waals surface area contributed by atoms with Crippen molar-refractivity contribution in [2.75, 3.05) is 14.2 Å². The van der Waals surface area contributed by atoms with Crippen LogP contribution >= 0.6 is 15.9 Å². The highest BCUT2D eigenvalue weighted by molar-refractivity contribution is 9.10. The number of nitrogens with zero attached hydrogens (tertiary/aromatic N) is 1. The SMILES string of the molecule is COc1cccc(OC)c1Oc1ccc(C#N)c(Br)c1F. The van der Waals surface area contributed by atoms with Gasteiger partial charge in [-0.15, -0.1) is 0 Å². The maximum atomic E-state index is 14.2. The first-order chi connectivity index (χ1) is 10.1. The van der Waals surface area contributed by atoms with Gasteiger partial charge in [-0.2, -0.15) is 5.26 Å². The summed E-state index contributed by atoms with van der Waals surface area (Å²) in [4.78, 5) is 0. The van der Waals surface area contributed by atoms with Crippen LogP contribution < -0.4 is 14.2 Å². The fourth-order valence-electron chi connectivity index (χ4n) is 1.72. The van der Waals surface area contributed by atoms with E-state index in [1.54, 1.807) is 18.2 Å². The van der Waals surface area contributed by atoms with Gasteiger partial charge in [-0.3, -0.25) is 0 Å². The minimum Gasteiger partial charge on any atom is -0.493 e. The number of hydrogen-bond donors (Lipinski definition) is 0. The van der Waals surface area contributed by atoms with E-state index in [4.69, 9.17) is 19.5 Å². The molecule has 0 radical (unpaired) electrons. The Hall–Kier alpha value is -2.26. The van der Waals surface area contributed by atoms with Gasteiger partial charge in [0.2, 0.25) is 5.75 Å². The molecule has 0 atom stereocenters. The first kappa shape index (κ1) is 15.1. The molecule has 4 nitrogen and oxygen atoms in total. The van der Waals surface area contributed by atoms with Gasteiger partial charge in [-0.1, -0.05) is 6.07 Å². The van der Waals surface area contributed by atoms with Gasteiger partial charge in [0.25, 0.3) is 0 Å². The predicted octanol–water partition coefficient (Wildman–Crippen LogP) is 4.27. The highest BCUT2D eigenvalue weighted by Gasteiger charge is 2.17. The molecule has 0 saturated heterocycles. The summed E-state index contributed by atoms with van der Waals surface area (Å²) in [5.74, 6) is 0.382. The normalized spacial score (nSPS) is 9.86. The number of nitriles is 1. The first-order valence-corrected chi connectivity index (χ1v) is 6.68. The molecule has 0 saturated carbocycles. The maximum Gasteiger partial charge on any atom is 0.211 e. The van der Waals surface area contributed by atoms with Gasteiger partial charge in [-0.05, 0) is 40.2 Å². The summed E-state index contributed by atoms with van der Waals surface area (Å²) in [6, 6.07) is 9.80. The van der Waals surface area contributed by atoms with E-state index < -0.39 is 5.82 Å². The molecule has 6 heteroatoms. The first-order valence-electron chi connectivity index (χ1n) is 5.89. The van der Waals surface area contributed by atoms with Gasteiger partial charge in [0.1, 0.15) is 6.07 Å². The maximum absolute atomic E-state index is 14.2.